The zero-order valence-corrected chi connectivity index (χ0v) is 14.2. The first-order valence-electron chi connectivity index (χ1n) is 8.56. The van der Waals surface area contributed by atoms with E-state index in [2.05, 4.69) is 4.90 Å². The van der Waals surface area contributed by atoms with E-state index in [1.165, 1.54) is 0 Å². The number of aliphatic hydroxyl groups is 1. The number of amides is 1. The summed E-state index contributed by atoms with van der Waals surface area (Å²) in [6.07, 6.45) is 1.32. The van der Waals surface area contributed by atoms with Crippen LogP contribution in [-0.2, 0) is 16.1 Å². The lowest BCUT2D eigenvalue weighted by Crippen LogP contribution is -2.59. The minimum absolute atomic E-state index is 0.177. The van der Waals surface area contributed by atoms with E-state index in [4.69, 9.17) is 9.47 Å². The number of hydrogen-bond donors (Lipinski definition) is 1. The number of para-hydroxylation sites is 1. The molecule has 0 saturated carbocycles. The summed E-state index contributed by atoms with van der Waals surface area (Å²) in [4.78, 5) is 16.6. The molecule has 1 saturated heterocycles. The van der Waals surface area contributed by atoms with E-state index in [0.717, 1.165) is 17.7 Å². The van der Waals surface area contributed by atoms with Crippen molar-refractivity contribution in [2.45, 2.75) is 25.0 Å². The third-order valence-electron chi connectivity index (χ3n) is 4.79. The summed E-state index contributed by atoms with van der Waals surface area (Å²) in [5.74, 6) is 0.716. The van der Waals surface area contributed by atoms with Crippen molar-refractivity contribution in [3.05, 3.63) is 29.8 Å². The Labute approximate surface area is 143 Å². The van der Waals surface area contributed by atoms with Gasteiger partial charge in [0, 0.05) is 45.4 Å². The lowest BCUT2D eigenvalue weighted by atomic mass is 9.91. The van der Waals surface area contributed by atoms with Crippen LogP contribution in [0.4, 0.5) is 0 Å². The Morgan fingerprint density at radius 1 is 1.33 bits per heavy atom. The van der Waals surface area contributed by atoms with Gasteiger partial charge in [0.05, 0.1) is 6.61 Å². The smallest absolute Gasteiger partial charge is 0.255 e. The van der Waals surface area contributed by atoms with Crippen molar-refractivity contribution in [3.8, 4) is 5.75 Å². The van der Waals surface area contributed by atoms with Crippen molar-refractivity contribution < 1.29 is 19.4 Å². The Morgan fingerprint density at radius 2 is 2.17 bits per heavy atom. The van der Waals surface area contributed by atoms with Crippen LogP contribution in [0.2, 0.25) is 0 Å². The van der Waals surface area contributed by atoms with Crippen LogP contribution in [0.25, 0.3) is 0 Å². The first-order chi connectivity index (χ1) is 11.6. The van der Waals surface area contributed by atoms with Crippen LogP contribution in [0.15, 0.2) is 24.3 Å². The zero-order valence-electron chi connectivity index (χ0n) is 14.2. The molecule has 24 heavy (non-hydrogen) atoms. The normalized spacial score (nSPS) is 25.1. The topological polar surface area (TPSA) is 62.2 Å². The summed E-state index contributed by atoms with van der Waals surface area (Å²) in [7, 11) is 1.62. The van der Waals surface area contributed by atoms with Gasteiger partial charge in [-0.1, -0.05) is 18.2 Å². The highest BCUT2D eigenvalue weighted by molar-refractivity contribution is 5.86. The summed E-state index contributed by atoms with van der Waals surface area (Å²) >= 11 is 0. The number of hydrogen-bond acceptors (Lipinski definition) is 5. The van der Waals surface area contributed by atoms with Crippen molar-refractivity contribution in [2.75, 3.05) is 46.5 Å². The van der Waals surface area contributed by atoms with Gasteiger partial charge in [0.2, 0.25) is 0 Å². The van der Waals surface area contributed by atoms with Crippen LogP contribution in [0, 0.1) is 0 Å². The van der Waals surface area contributed by atoms with Crippen molar-refractivity contribution in [1.29, 1.82) is 0 Å². The number of methoxy groups -OCH3 is 1. The summed E-state index contributed by atoms with van der Waals surface area (Å²) in [5, 5.41) is 11.0. The summed E-state index contributed by atoms with van der Waals surface area (Å²) in [6.45, 7) is 4.00. The maximum absolute atomic E-state index is 12.7. The fraction of sp³-hybridized carbons (Fsp3) is 0.611. The molecule has 1 atom stereocenters. The molecule has 0 spiro atoms. The van der Waals surface area contributed by atoms with Crippen LogP contribution >= 0.6 is 0 Å². The highest BCUT2D eigenvalue weighted by Crippen LogP contribution is 2.27. The molecule has 0 bridgehead atoms. The molecular weight excluding hydrogens is 308 g/mol. The van der Waals surface area contributed by atoms with Gasteiger partial charge in [-0.3, -0.25) is 9.69 Å². The van der Waals surface area contributed by atoms with E-state index in [1.54, 1.807) is 12.0 Å². The lowest BCUT2D eigenvalue weighted by Gasteiger charge is -2.40. The number of likely N-dealkylation sites (tertiary alicyclic amines) is 1. The summed E-state index contributed by atoms with van der Waals surface area (Å²) in [5.41, 5.74) is -0.219. The number of benzene rings is 1. The molecule has 0 radical (unpaired) electrons. The Bertz CT molecular complexity index is 580. The fourth-order valence-corrected chi connectivity index (χ4v) is 3.51. The second-order valence-corrected chi connectivity index (χ2v) is 6.59. The zero-order chi connectivity index (χ0) is 17.0. The van der Waals surface area contributed by atoms with E-state index < -0.39 is 5.60 Å². The van der Waals surface area contributed by atoms with Crippen molar-refractivity contribution in [1.82, 2.24) is 9.80 Å². The predicted molar refractivity (Wildman–Crippen MR) is 89.9 cm³/mol. The van der Waals surface area contributed by atoms with Gasteiger partial charge in [-0.05, 0) is 18.9 Å². The van der Waals surface area contributed by atoms with E-state index in [9.17, 15) is 9.90 Å². The molecule has 0 aromatic heterocycles. The Balaban J connectivity index is 1.68. The molecule has 3 rings (SSSR count). The van der Waals surface area contributed by atoms with E-state index >= 15 is 0 Å². The molecule has 1 aromatic carbocycles. The van der Waals surface area contributed by atoms with Crippen LogP contribution < -0.4 is 4.74 Å². The second-order valence-electron chi connectivity index (χ2n) is 6.59. The molecule has 6 nitrogen and oxygen atoms in total. The van der Waals surface area contributed by atoms with E-state index in [-0.39, 0.29) is 5.91 Å². The van der Waals surface area contributed by atoms with E-state index in [0.29, 0.717) is 52.4 Å². The molecule has 2 aliphatic heterocycles. The average molecular weight is 334 g/mol. The largest absolute Gasteiger partial charge is 0.492 e. The van der Waals surface area contributed by atoms with Gasteiger partial charge in [-0.15, -0.1) is 0 Å². The van der Waals surface area contributed by atoms with Gasteiger partial charge in [0.1, 0.15) is 12.4 Å². The number of ether oxygens (including phenoxy) is 2. The molecule has 1 aromatic rings. The number of β-amino-alcohol motifs (C(OH)–C–C–N with tert-alkyl or cyclic N) is 1. The van der Waals surface area contributed by atoms with Crippen molar-refractivity contribution >= 4 is 5.91 Å². The number of carbonyl (C=O) groups is 1. The number of fused-ring (bicyclic) bond motifs is 1. The molecule has 2 aliphatic rings. The summed E-state index contributed by atoms with van der Waals surface area (Å²) in [6, 6.07) is 7.94. The highest BCUT2D eigenvalue weighted by Gasteiger charge is 2.43. The number of carbonyl (C=O) groups excluding carboxylic acids is 1. The van der Waals surface area contributed by atoms with Gasteiger partial charge in [-0.2, -0.15) is 0 Å². The van der Waals surface area contributed by atoms with Crippen molar-refractivity contribution in [3.63, 3.8) is 0 Å². The third kappa shape index (κ3) is 3.71. The van der Waals surface area contributed by atoms with Gasteiger partial charge >= 0.3 is 0 Å². The molecule has 2 heterocycles. The first-order valence-corrected chi connectivity index (χ1v) is 8.56. The Hall–Kier alpha value is -1.63. The van der Waals surface area contributed by atoms with Crippen LogP contribution in [0.5, 0.6) is 5.75 Å². The monoisotopic (exact) mass is 334 g/mol. The van der Waals surface area contributed by atoms with Gasteiger partial charge in [0.15, 0.2) is 5.60 Å². The van der Waals surface area contributed by atoms with Gasteiger partial charge in [-0.25, -0.2) is 0 Å². The fourth-order valence-electron chi connectivity index (χ4n) is 3.51. The number of nitrogens with zero attached hydrogens (tertiary/aromatic N) is 2. The molecule has 0 aliphatic carbocycles. The van der Waals surface area contributed by atoms with E-state index in [1.807, 2.05) is 24.3 Å². The molecule has 1 fully saturated rings. The lowest BCUT2D eigenvalue weighted by molar-refractivity contribution is -0.160. The molecule has 6 heteroatoms. The predicted octanol–water partition coefficient (Wildman–Crippen LogP) is 0.881. The van der Waals surface area contributed by atoms with Gasteiger partial charge < -0.3 is 19.5 Å². The molecule has 1 N–H and O–H groups in total. The highest BCUT2D eigenvalue weighted by atomic mass is 16.5. The quantitative estimate of drug-likeness (QED) is 0.866. The average Bonchev–Trinajstić information content (AvgIpc) is 2.78. The minimum Gasteiger partial charge on any atom is -0.492 e. The van der Waals surface area contributed by atoms with Crippen molar-refractivity contribution in [2.24, 2.45) is 0 Å². The SMILES string of the molecule is COCCN1CCC[C@](O)(CN2CCOc3ccccc3C2)C1=O. The van der Waals surface area contributed by atoms with Gasteiger partial charge in [0.25, 0.3) is 5.91 Å². The van der Waals surface area contributed by atoms with Crippen LogP contribution in [-0.4, -0.2) is 72.9 Å². The first kappa shape index (κ1) is 17.2. The minimum atomic E-state index is -1.31. The third-order valence-corrected chi connectivity index (χ3v) is 4.79. The Morgan fingerprint density at radius 3 is 3.00 bits per heavy atom. The molecular formula is C18H26N2O4. The maximum atomic E-state index is 12.7. The Kier molecular flexibility index (Phi) is 5.38. The molecule has 132 valence electrons. The molecule has 1 amide bonds. The summed E-state index contributed by atoms with van der Waals surface area (Å²) < 4.78 is 10.8. The maximum Gasteiger partial charge on any atom is 0.255 e. The van der Waals surface area contributed by atoms with Crippen LogP contribution in [0.1, 0.15) is 18.4 Å². The molecule has 0 unspecified atom stereocenters. The second kappa shape index (κ2) is 7.51. The number of piperidine rings is 1. The standard InChI is InChI=1S/C18H26N2O4/c1-23-11-10-20-8-4-7-18(22,17(20)21)14-19-9-12-24-16-6-3-2-5-15(16)13-19/h2-3,5-6,22H,4,7-14H2,1H3/t18-/m0/s1. The number of rotatable bonds is 5. The van der Waals surface area contributed by atoms with Crippen LogP contribution in [0.3, 0.4) is 0 Å².